The van der Waals surface area contributed by atoms with Gasteiger partial charge in [0.25, 0.3) is 11.7 Å². The zero-order valence-corrected chi connectivity index (χ0v) is 23.1. The Labute approximate surface area is 233 Å². The van der Waals surface area contributed by atoms with Gasteiger partial charge in [-0.2, -0.15) is 0 Å². The second-order valence-corrected chi connectivity index (χ2v) is 11.1. The molecule has 1 aromatic heterocycles. The second-order valence-electron chi connectivity index (χ2n) is 11.1. The predicted molar refractivity (Wildman–Crippen MR) is 154 cm³/mol. The smallest absolute Gasteiger partial charge is 0.295 e. The maximum Gasteiger partial charge on any atom is 0.295 e. The van der Waals surface area contributed by atoms with E-state index >= 15 is 0 Å². The largest absolute Gasteiger partial charge is 0.507 e. The summed E-state index contributed by atoms with van der Waals surface area (Å²) in [5, 5.41) is 12.5. The number of hydrogen-bond acceptors (Lipinski definition) is 4. The first-order chi connectivity index (χ1) is 19.1. The third kappa shape index (κ3) is 4.99. The number of ketones is 1. The minimum Gasteiger partial charge on any atom is -0.507 e. The lowest BCUT2D eigenvalue weighted by atomic mass is 9.84. The average Bonchev–Trinajstić information content (AvgIpc) is 3.46. The predicted octanol–water partition coefficient (Wildman–Crippen LogP) is 6.67. The number of benzene rings is 3. The topological polar surface area (TPSA) is 82.6 Å². The number of aliphatic hydroxyl groups excluding tert-OH is 1. The molecule has 7 heteroatoms. The highest BCUT2D eigenvalue weighted by Gasteiger charge is 2.46. The number of aromatic amines is 1. The molecule has 1 aliphatic heterocycles. The molecule has 0 radical (unpaired) electrons. The van der Waals surface area contributed by atoms with Crippen LogP contribution >= 0.6 is 0 Å². The third-order valence-electron chi connectivity index (χ3n) is 7.37. The summed E-state index contributed by atoms with van der Waals surface area (Å²) in [6.45, 7) is 8.77. The number of para-hydroxylation sites is 1. The number of aromatic nitrogens is 1. The zero-order chi connectivity index (χ0) is 28.6. The summed E-state index contributed by atoms with van der Waals surface area (Å²) in [5.41, 5.74) is 3.48. The van der Waals surface area contributed by atoms with Crippen molar-refractivity contribution in [2.75, 3.05) is 13.2 Å². The van der Waals surface area contributed by atoms with E-state index in [1.165, 1.54) is 17.0 Å². The number of halogens is 1. The van der Waals surface area contributed by atoms with E-state index in [4.69, 9.17) is 4.74 Å². The first-order valence-corrected chi connectivity index (χ1v) is 13.5. The van der Waals surface area contributed by atoms with E-state index in [9.17, 15) is 19.1 Å². The summed E-state index contributed by atoms with van der Waals surface area (Å²) < 4.78 is 19.3. The van der Waals surface area contributed by atoms with Crippen LogP contribution in [0.3, 0.4) is 0 Å². The normalized spacial score (nSPS) is 17.1. The minimum atomic E-state index is -0.804. The number of nitrogens with zero attached hydrogens (tertiary/aromatic N) is 1. The molecule has 206 valence electrons. The summed E-state index contributed by atoms with van der Waals surface area (Å²) in [6, 6.07) is 18.3. The van der Waals surface area contributed by atoms with Crippen LogP contribution in [0.4, 0.5) is 4.39 Å². The summed E-state index contributed by atoms with van der Waals surface area (Å²) >= 11 is 0. The van der Waals surface area contributed by atoms with E-state index in [0.717, 1.165) is 27.6 Å². The van der Waals surface area contributed by atoms with Gasteiger partial charge >= 0.3 is 0 Å². The van der Waals surface area contributed by atoms with Gasteiger partial charge in [-0.3, -0.25) is 9.59 Å². The molecule has 1 unspecified atom stereocenters. The number of fused-ring (bicyclic) bond motifs is 1. The van der Waals surface area contributed by atoms with Crippen molar-refractivity contribution < 1.29 is 23.8 Å². The van der Waals surface area contributed by atoms with Crippen LogP contribution in [0.25, 0.3) is 16.7 Å². The Kier molecular flexibility index (Phi) is 7.23. The van der Waals surface area contributed by atoms with Gasteiger partial charge in [0.2, 0.25) is 0 Å². The fourth-order valence-electron chi connectivity index (χ4n) is 5.36. The van der Waals surface area contributed by atoms with Gasteiger partial charge in [-0.1, -0.05) is 51.1 Å². The van der Waals surface area contributed by atoms with Crippen LogP contribution < -0.4 is 4.74 Å². The maximum absolute atomic E-state index is 13.6. The van der Waals surface area contributed by atoms with Gasteiger partial charge in [0.15, 0.2) is 0 Å². The molecule has 0 bridgehead atoms. The fourth-order valence-corrected chi connectivity index (χ4v) is 5.36. The van der Waals surface area contributed by atoms with Crippen LogP contribution in [0.2, 0.25) is 0 Å². The lowest BCUT2D eigenvalue weighted by Crippen LogP contribution is -2.31. The van der Waals surface area contributed by atoms with Crippen molar-refractivity contribution in [1.29, 1.82) is 0 Å². The molecular weight excluding hydrogens is 507 g/mol. The van der Waals surface area contributed by atoms with Crippen molar-refractivity contribution >= 4 is 28.4 Å². The van der Waals surface area contributed by atoms with Crippen molar-refractivity contribution in [1.82, 2.24) is 9.88 Å². The number of nitrogens with one attached hydrogen (secondary N) is 1. The Morgan fingerprint density at radius 2 is 1.77 bits per heavy atom. The van der Waals surface area contributed by atoms with Gasteiger partial charge in [0.05, 0.1) is 18.2 Å². The molecule has 2 N–H and O–H groups in total. The molecule has 1 aliphatic rings. The lowest BCUT2D eigenvalue weighted by molar-refractivity contribution is -0.139. The number of hydrogen-bond donors (Lipinski definition) is 2. The van der Waals surface area contributed by atoms with E-state index in [-0.39, 0.29) is 29.1 Å². The Morgan fingerprint density at radius 1 is 1.05 bits per heavy atom. The number of Topliss-reactive ketones (excluding diaryl/α,β-unsaturated/α-hetero) is 1. The number of carbonyl (C=O) groups excluding carboxylic acids is 2. The third-order valence-corrected chi connectivity index (χ3v) is 7.37. The van der Waals surface area contributed by atoms with E-state index in [2.05, 4.69) is 25.8 Å². The van der Waals surface area contributed by atoms with E-state index < -0.39 is 17.7 Å². The number of likely N-dealkylation sites (tertiary alicyclic amines) is 1. The maximum atomic E-state index is 13.6. The Hall–Kier alpha value is -4.39. The Balaban J connectivity index is 1.64. The molecule has 5 rings (SSSR count). The first kappa shape index (κ1) is 27.2. The molecule has 0 saturated carbocycles. The Bertz CT molecular complexity index is 1610. The molecule has 6 nitrogen and oxygen atoms in total. The van der Waals surface area contributed by atoms with Crippen LogP contribution in [0.1, 0.15) is 56.0 Å². The van der Waals surface area contributed by atoms with Gasteiger partial charge in [-0.15, -0.1) is 0 Å². The fraction of sp³-hybridized carbons (Fsp3) is 0.273. The number of ether oxygens (including phenoxy) is 1. The van der Waals surface area contributed by atoms with Crippen molar-refractivity contribution in [2.24, 2.45) is 0 Å². The molecular formula is C33H33FN2O4. The molecule has 3 aromatic carbocycles. The summed E-state index contributed by atoms with van der Waals surface area (Å²) in [6.07, 6.45) is 2.21. The summed E-state index contributed by atoms with van der Waals surface area (Å²) in [7, 11) is 0. The van der Waals surface area contributed by atoms with Crippen LogP contribution in [0, 0.1) is 5.82 Å². The highest BCUT2D eigenvalue weighted by atomic mass is 19.1. The van der Waals surface area contributed by atoms with E-state index in [0.29, 0.717) is 24.3 Å². The monoisotopic (exact) mass is 540 g/mol. The molecule has 1 amide bonds. The number of amides is 1. The first-order valence-electron chi connectivity index (χ1n) is 13.5. The van der Waals surface area contributed by atoms with Crippen LogP contribution in [-0.2, 0) is 21.4 Å². The molecule has 1 atom stereocenters. The van der Waals surface area contributed by atoms with Crippen molar-refractivity contribution in [3.8, 4) is 5.75 Å². The summed E-state index contributed by atoms with van der Waals surface area (Å²) in [4.78, 5) is 31.8. The molecule has 0 aliphatic carbocycles. The van der Waals surface area contributed by atoms with Gasteiger partial charge in [0, 0.05) is 40.3 Å². The quantitative estimate of drug-likeness (QED) is 0.156. The molecule has 2 heterocycles. The molecule has 0 spiro atoms. The van der Waals surface area contributed by atoms with Gasteiger partial charge in [0.1, 0.15) is 17.3 Å². The van der Waals surface area contributed by atoms with Gasteiger partial charge < -0.3 is 19.7 Å². The number of rotatable bonds is 7. The minimum absolute atomic E-state index is 0.0397. The number of carbonyl (C=O) groups is 2. The SMILES string of the molecule is CCOc1ccc(/C(O)=C2\C(=O)C(=O)N(CCc3ccc(F)cc3)C2c2c[nH]c3ccccc23)cc1C(C)(C)C. The van der Waals surface area contributed by atoms with Gasteiger partial charge in [-0.25, -0.2) is 4.39 Å². The van der Waals surface area contributed by atoms with Crippen molar-refractivity contribution in [2.45, 2.75) is 45.6 Å². The van der Waals surface area contributed by atoms with Crippen LogP contribution in [0.15, 0.2) is 78.5 Å². The molecule has 1 fully saturated rings. The van der Waals surface area contributed by atoms with Crippen molar-refractivity contribution in [3.63, 3.8) is 0 Å². The molecule has 4 aromatic rings. The number of H-pyrrole nitrogens is 1. The lowest BCUT2D eigenvalue weighted by Gasteiger charge is -2.26. The van der Waals surface area contributed by atoms with Gasteiger partial charge in [-0.05, 0) is 60.7 Å². The second kappa shape index (κ2) is 10.6. The van der Waals surface area contributed by atoms with Crippen LogP contribution in [-0.4, -0.2) is 39.8 Å². The molecule has 40 heavy (non-hydrogen) atoms. The van der Waals surface area contributed by atoms with Crippen molar-refractivity contribution in [3.05, 3.63) is 107 Å². The highest BCUT2D eigenvalue weighted by Crippen LogP contribution is 2.43. The molecule has 1 saturated heterocycles. The van der Waals surface area contributed by atoms with E-state index in [1.807, 2.05) is 37.3 Å². The average molecular weight is 541 g/mol. The highest BCUT2D eigenvalue weighted by molar-refractivity contribution is 6.46. The van der Waals surface area contributed by atoms with E-state index in [1.54, 1.807) is 30.5 Å². The standard InChI is InChI=1S/C33H33FN2O4/c1-5-40-27-15-12-21(18-25(27)33(2,3)4)30(37)28-29(24-19-35-26-9-7-6-8-23(24)26)36(32(39)31(28)38)17-16-20-10-13-22(34)14-11-20/h6-15,18-19,29,35,37H,5,16-17H2,1-4H3/b30-28+. The zero-order valence-electron chi connectivity index (χ0n) is 23.1. The summed E-state index contributed by atoms with van der Waals surface area (Å²) in [5.74, 6) is -1.28. The Morgan fingerprint density at radius 3 is 2.48 bits per heavy atom. The van der Waals surface area contributed by atoms with Crippen LogP contribution in [0.5, 0.6) is 5.75 Å². The number of aliphatic hydroxyl groups is 1.